The van der Waals surface area contributed by atoms with E-state index in [1.165, 1.54) is 36.7 Å². The number of halogens is 4. The number of benzene rings is 1. The molecule has 0 atom stereocenters. The van der Waals surface area contributed by atoms with Crippen LogP contribution in [-0.4, -0.2) is 30.1 Å². The van der Waals surface area contributed by atoms with Gasteiger partial charge >= 0.3 is 7.25 Å². The second kappa shape index (κ2) is 18.6. The topological polar surface area (TPSA) is 12.4 Å². The van der Waals surface area contributed by atoms with Crippen molar-refractivity contribution in [3.05, 3.63) is 60.2 Å². The molecule has 1 aromatic rings. The molecule has 0 aromatic heterocycles. The summed E-state index contributed by atoms with van der Waals surface area (Å²) >= 11 is 0. The molecule has 1 aliphatic carbocycles. The van der Waals surface area contributed by atoms with Crippen molar-refractivity contribution in [1.29, 1.82) is 0 Å². The van der Waals surface area contributed by atoms with Crippen molar-refractivity contribution >= 4 is 20.6 Å². The maximum absolute atomic E-state index is 9.75. The molecule has 185 valence electrons. The SMILES string of the molecule is C1=C\CC/C=C\CC/1.CC(C)N=C(c1ccccc1)[PH+](C(C)C)C(C)C.F[B-](F)(F)F.[Rh]. The summed E-state index contributed by atoms with van der Waals surface area (Å²) in [7, 11) is -6.61. The molecule has 0 fully saturated rings. The molecule has 0 N–H and O–H groups in total. The molecule has 0 aliphatic heterocycles. The van der Waals surface area contributed by atoms with Crippen molar-refractivity contribution in [3.8, 4) is 0 Å². The molecular weight excluding hydrogens is 523 g/mol. The number of aliphatic imine (C=N–C) groups is 1. The molecule has 32 heavy (non-hydrogen) atoms. The summed E-state index contributed by atoms with van der Waals surface area (Å²) in [5.41, 5.74) is 4.13. The third-order valence-corrected chi connectivity index (χ3v) is 7.74. The van der Waals surface area contributed by atoms with Gasteiger partial charge in [-0.1, -0.05) is 42.5 Å². The van der Waals surface area contributed by atoms with E-state index in [4.69, 9.17) is 4.99 Å². The first-order chi connectivity index (χ1) is 14.4. The summed E-state index contributed by atoms with van der Waals surface area (Å²) < 4.78 is 39.0. The molecule has 0 bridgehead atoms. The Morgan fingerprint density at radius 2 is 1.09 bits per heavy atom. The van der Waals surface area contributed by atoms with Crippen LogP contribution in [0.4, 0.5) is 17.3 Å². The van der Waals surface area contributed by atoms with Crippen LogP contribution < -0.4 is 0 Å². The second-order valence-electron chi connectivity index (χ2n) is 8.29. The predicted octanol–water partition coefficient (Wildman–Crippen LogP) is 8.84. The molecule has 0 spiro atoms. The van der Waals surface area contributed by atoms with Crippen LogP contribution in [0, 0.1) is 0 Å². The third kappa shape index (κ3) is 18.7. The van der Waals surface area contributed by atoms with E-state index in [0.717, 1.165) is 0 Å². The van der Waals surface area contributed by atoms with E-state index in [1.807, 2.05) is 0 Å². The van der Waals surface area contributed by atoms with E-state index in [9.17, 15) is 17.3 Å². The molecule has 1 aromatic carbocycles. The average molecular weight is 562 g/mol. The Balaban J connectivity index is 0. The summed E-state index contributed by atoms with van der Waals surface area (Å²) in [5, 5.41) is 0. The van der Waals surface area contributed by atoms with Crippen LogP contribution in [0.15, 0.2) is 59.6 Å². The van der Waals surface area contributed by atoms with Crippen LogP contribution in [0.5, 0.6) is 0 Å². The zero-order chi connectivity index (χ0) is 23.9. The summed E-state index contributed by atoms with van der Waals surface area (Å²) in [5.74, 6) is 0. The standard InChI is InChI=1S/C16H26NP.C8H12.BF4.Rh/c1-12(2)17-16(15-10-8-7-9-11-15)18(13(3)4)14(5)6;1-2-4-6-8-7-5-3-1;2-1(3,4)5;/h7-14H,1-6H3;1-2,7-8H,3-6H2;;/q;;-1;/p+1/b;2-1-,8-7-;;. The Kier molecular flexibility index (Phi) is 19.4. The molecule has 0 amide bonds. The van der Waals surface area contributed by atoms with Crippen LogP contribution in [0.1, 0.15) is 72.8 Å². The van der Waals surface area contributed by atoms with Crippen molar-refractivity contribution in [2.75, 3.05) is 0 Å². The number of rotatable bonds is 5. The van der Waals surface area contributed by atoms with Gasteiger partial charge in [0.25, 0.3) is 0 Å². The molecule has 1 nitrogen and oxygen atoms in total. The molecule has 0 saturated heterocycles. The van der Waals surface area contributed by atoms with Gasteiger partial charge in [0.1, 0.15) is 0 Å². The smallest absolute Gasteiger partial charge is 0.418 e. The Labute approximate surface area is 206 Å². The normalized spacial score (nSPS) is 16.2. The van der Waals surface area contributed by atoms with E-state index in [2.05, 4.69) is 96.2 Å². The van der Waals surface area contributed by atoms with Crippen molar-refractivity contribution in [2.24, 2.45) is 4.99 Å². The van der Waals surface area contributed by atoms with E-state index in [1.54, 1.807) is 0 Å². The summed E-state index contributed by atoms with van der Waals surface area (Å²) in [4.78, 5) is 4.95. The second-order valence-corrected chi connectivity index (χ2v) is 12.0. The van der Waals surface area contributed by atoms with Crippen molar-refractivity contribution in [3.63, 3.8) is 0 Å². The minimum Gasteiger partial charge on any atom is -0.418 e. The predicted molar refractivity (Wildman–Crippen MR) is 134 cm³/mol. The molecule has 0 heterocycles. The molecule has 1 radical (unpaired) electrons. The quantitative estimate of drug-likeness (QED) is 0.112. The first kappa shape index (κ1) is 33.4. The van der Waals surface area contributed by atoms with Crippen LogP contribution in [0.25, 0.3) is 0 Å². The molecule has 2 rings (SSSR count). The van der Waals surface area contributed by atoms with Crippen LogP contribution in [0.2, 0.25) is 0 Å². The monoisotopic (exact) mass is 562 g/mol. The maximum atomic E-state index is 9.75. The van der Waals surface area contributed by atoms with Gasteiger partial charge in [-0.05, 0) is 79.4 Å². The largest absolute Gasteiger partial charge is 0.673 e. The fraction of sp³-hybridized carbons (Fsp3) is 0.542. The van der Waals surface area contributed by atoms with E-state index >= 15 is 0 Å². The van der Waals surface area contributed by atoms with Crippen molar-refractivity contribution in [1.82, 2.24) is 0 Å². The van der Waals surface area contributed by atoms with Crippen molar-refractivity contribution < 1.29 is 36.7 Å². The van der Waals surface area contributed by atoms with E-state index < -0.39 is 15.2 Å². The van der Waals surface area contributed by atoms with Gasteiger partial charge in [-0.3, -0.25) is 0 Å². The first-order valence-electron chi connectivity index (χ1n) is 11.1. The van der Waals surface area contributed by atoms with Gasteiger partial charge in [-0.2, -0.15) is 0 Å². The van der Waals surface area contributed by atoms with Crippen LogP contribution >= 0.6 is 7.92 Å². The number of allylic oxidation sites excluding steroid dienone is 4. The van der Waals surface area contributed by atoms with Crippen LogP contribution in [-0.2, 0) is 19.5 Å². The van der Waals surface area contributed by atoms with Crippen molar-refractivity contribution in [2.45, 2.75) is 84.6 Å². The fourth-order valence-corrected chi connectivity index (χ4v) is 6.57. The Bertz CT molecular complexity index is 634. The summed E-state index contributed by atoms with van der Waals surface area (Å²) in [6, 6.07) is 11.1. The average Bonchev–Trinajstić information content (AvgIpc) is 2.59. The van der Waals surface area contributed by atoms with Gasteiger partial charge in [0.2, 0.25) is 0 Å². The number of hydrogen-bond donors (Lipinski definition) is 0. The van der Waals surface area contributed by atoms with Gasteiger partial charge < -0.3 is 17.3 Å². The van der Waals surface area contributed by atoms with E-state index in [0.29, 0.717) is 17.4 Å². The molecule has 8 heteroatoms. The minimum absolute atomic E-state index is 0. The minimum atomic E-state index is -6.00. The molecule has 0 saturated carbocycles. The fourth-order valence-electron chi connectivity index (χ4n) is 3.24. The van der Waals surface area contributed by atoms with Gasteiger partial charge in [0.05, 0.1) is 19.2 Å². The zero-order valence-electron chi connectivity index (χ0n) is 20.1. The zero-order valence-corrected chi connectivity index (χ0v) is 22.8. The Morgan fingerprint density at radius 1 is 0.750 bits per heavy atom. The number of hydrogen-bond acceptors (Lipinski definition) is 1. The number of nitrogens with zero attached hydrogens (tertiary/aromatic N) is 1. The Morgan fingerprint density at radius 3 is 1.38 bits per heavy atom. The summed E-state index contributed by atoms with van der Waals surface area (Å²) in [6.45, 7) is 13.7. The Hall–Kier alpha value is -0.792. The van der Waals surface area contributed by atoms with Gasteiger partial charge in [-0.25, -0.2) is 4.99 Å². The first-order valence-corrected chi connectivity index (χ1v) is 12.8. The maximum Gasteiger partial charge on any atom is 0.673 e. The molecular formula is C24H39BF4NPRh. The molecule has 0 unspecified atom stereocenters. The van der Waals surface area contributed by atoms with Gasteiger partial charge in [0, 0.05) is 31.1 Å². The van der Waals surface area contributed by atoms with Gasteiger partial charge in [-0.15, -0.1) is 0 Å². The van der Waals surface area contributed by atoms with E-state index in [-0.39, 0.29) is 19.5 Å². The van der Waals surface area contributed by atoms with Gasteiger partial charge in [0.15, 0.2) is 5.45 Å². The summed E-state index contributed by atoms with van der Waals surface area (Å²) in [6.07, 6.45) is 14.0. The van der Waals surface area contributed by atoms with Crippen LogP contribution in [0.3, 0.4) is 0 Å². The third-order valence-electron chi connectivity index (χ3n) is 4.29. The molecule has 1 aliphatic rings.